The molecule has 0 aromatic carbocycles. The van der Waals surface area contributed by atoms with Crippen molar-refractivity contribution in [1.82, 2.24) is 0 Å². The van der Waals surface area contributed by atoms with Crippen LogP contribution < -0.4 is 130 Å². The molecule has 0 fully saturated rings. The van der Waals surface area contributed by atoms with Crippen molar-refractivity contribution in [3.8, 4) is 0 Å². The van der Waals surface area contributed by atoms with Gasteiger partial charge in [-0.2, -0.15) is 0 Å². The normalized spacial score (nSPS) is 5.20. The van der Waals surface area contributed by atoms with Gasteiger partial charge < -0.3 is 37.6 Å². The standard InChI is InChI=1S/C2H8N2.4C2H4O2.Bi.4Na.7H/c3-1-2-4;4*1-2(3)4;;;;;;;;;;;;/h1-4H2;4*1H3,(H,3,4);;;;;;;;;;;;/q;;;;;;4*+1;;;;4*-1. The van der Waals surface area contributed by atoms with Crippen LogP contribution in [0, 0.1) is 0 Å². The monoisotopic (exact) mass is 608 g/mol. The molecule has 0 aromatic rings. The fraction of sp³-hybridized carbons (Fsp3) is 0.600. The van der Waals surface area contributed by atoms with E-state index >= 15 is 0 Å². The fourth-order valence-corrected chi connectivity index (χ4v) is 0. The summed E-state index contributed by atoms with van der Waals surface area (Å²) in [5.41, 5.74) is 9.81. The molecule has 10 nitrogen and oxygen atoms in total. The molecule has 0 spiro atoms. The van der Waals surface area contributed by atoms with E-state index < -0.39 is 23.9 Å². The maximum Gasteiger partial charge on any atom is 1.00 e. The minimum absolute atomic E-state index is 0. The number of hydrogen-bond donors (Lipinski definition) is 6. The summed E-state index contributed by atoms with van der Waals surface area (Å²) in [5.74, 6) is -3.33. The van der Waals surface area contributed by atoms with Crippen molar-refractivity contribution in [2.45, 2.75) is 27.7 Å². The number of nitrogens with two attached hydrogens (primary N) is 2. The number of rotatable bonds is 1. The largest absolute Gasteiger partial charge is 1.00 e. The van der Waals surface area contributed by atoms with E-state index in [-0.39, 0.29) is 150 Å². The zero-order valence-corrected chi connectivity index (χ0v) is 30.2. The Morgan fingerprint density at radius 2 is 0.640 bits per heavy atom. The quantitative estimate of drug-likeness (QED) is 0.155. The third-order valence-electron chi connectivity index (χ3n) is 0.167. The van der Waals surface area contributed by atoms with Gasteiger partial charge in [-0.25, -0.2) is 0 Å². The van der Waals surface area contributed by atoms with Crippen LogP contribution in [0.2, 0.25) is 0 Å². The molecular formula is C10H31BiN2Na4O8. The van der Waals surface area contributed by atoms with E-state index in [9.17, 15) is 0 Å². The molecule has 8 N–H and O–H groups in total. The Balaban J connectivity index is -0.00000000750. The second-order valence-corrected chi connectivity index (χ2v) is 2.65. The average Bonchev–Trinajstić information content (AvgIpc) is 2.13. The summed E-state index contributed by atoms with van der Waals surface area (Å²) in [6.07, 6.45) is 0. The van der Waals surface area contributed by atoms with E-state index in [1.54, 1.807) is 0 Å². The maximum absolute atomic E-state index is 9.00. The zero-order chi connectivity index (χ0) is 17.7. The van der Waals surface area contributed by atoms with Crippen molar-refractivity contribution in [2.75, 3.05) is 13.1 Å². The first-order chi connectivity index (χ1) is 8.84. The number of hydrogen-bond acceptors (Lipinski definition) is 6. The van der Waals surface area contributed by atoms with Crippen LogP contribution in [-0.2, 0) is 19.2 Å². The second kappa shape index (κ2) is 63.2. The van der Waals surface area contributed by atoms with E-state index in [1.807, 2.05) is 0 Å². The summed E-state index contributed by atoms with van der Waals surface area (Å²) in [5, 5.41) is 29.7. The summed E-state index contributed by atoms with van der Waals surface area (Å²) >= 11 is 0. The van der Waals surface area contributed by atoms with Crippen molar-refractivity contribution in [1.29, 1.82) is 0 Å². The molecule has 0 unspecified atom stereocenters. The van der Waals surface area contributed by atoms with Gasteiger partial charge in [0, 0.05) is 40.8 Å². The van der Waals surface area contributed by atoms with Crippen molar-refractivity contribution < 1.29 is 164 Å². The van der Waals surface area contributed by atoms with Crippen LogP contribution in [-0.4, -0.2) is 83.6 Å². The van der Waals surface area contributed by atoms with Gasteiger partial charge in [0.15, 0.2) is 0 Å². The molecule has 0 amide bonds. The van der Waals surface area contributed by atoms with Crippen molar-refractivity contribution >= 4 is 50.1 Å². The minimum Gasteiger partial charge on any atom is -1.00 e. The van der Waals surface area contributed by atoms with Gasteiger partial charge in [-0.15, -0.1) is 0 Å². The fourth-order valence-electron chi connectivity index (χ4n) is 0. The molecule has 15 heteroatoms. The SMILES string of the molecule is CC(=O)O.CC(=O)O.CC(=O)O.CC(=O)O.NCCN.[BiH3].[H-].[H-].[H-].[H-].[Na+].[Na+].[Na+].[Na+]. The van der Waals surface area contributed by atoms with E-state index in [2.05, 4.69) is 0 Å². The van der Waals surface area contributed by atoms with Crippen molar-refractivity contribution in [2.24, 2.45) is 11.5 Å². The van der Waals surface area contributed by atoms with Gasteiger partial charge >= 0.3 is 144 Å². The second-order valence-electron chi connectivity index (χ2n) is 2.65. The van der Waals surface area contributed by atoms with Crippen LogP contribution in [0.5, 0.6) is 0 Å². The maximum atomic E-state index is 9.00. The summed E-state index contributed by atoms with van der Waals surface area (Å²) in [4.78, 5) is 36.0. The Kier molecular flexibility index (Phi) is 159. The predicted octanol–water partition coefficient (Wildman–Crippen LogP) is -13.5. The molecule has 0 aliphatic heterocycles. The minimum atomic E-state index is -0.833. The van der Waals surface area contributed by atoms with Gasteiger partial charge in [-0.3, -0.25) is 19.2 Å². The molecule has 0 aliphatic carbocycles. The number of carboxylic acid groups (broad SMARTS) is 4. The Morgan fingerprint density at radius 1 is 0.600 bits per heavy atom. The molecule has 0 atom stereocenters. The van der Waals surface area contributed by atoms with E-state index in [1.165, 1.54) is 0 Å². The summed E-state index contributed by atoms with van der Waals surface area (Å²) < 4.78 is 0. The van der Waals surface area contributed by atoms with Crippen molar-refractivity contribution in [3.05, 3.63) is 0 Å². The Labute approximate surface area is 261 Å². The van der Waals surface area contributed by atoms with Crippen LogP contribution in [0.1, 0.15) is 33.4 Å². The molecular weight excluding hydrogens is 577 g/mol. The smallest absolute Gasteiger partial charge is 1.00 e. The molecule has 0 aliphatic rings. The third-order valence-corrected chi connectivity index (χ3v) is 0.167. The molecule has 0 heterocycles. The van der Waals surface area contributed by atoms with Gasteiger partial charge in [0.1, 0.15) is 0 Å². The third kappa shape index (κ3) is 1200. The van der Waals surface area contributed by atoms with Gasteiger partial charge in [-0.1, -0.05) is 0 Å². The van der Waals surface area contributed by atoms with Crippen LogP contribution in [0.15, 0.2) is 0 Å². The van der Waals surface area contributed by atoms with Gasteiger partial charge in [0.25, 0.3) is 23.9 Å². The van der Waals surface area contributed by atoms with Gasteiger partial charge in [0.2, 0.25) is 0 Å². The molecule has 0 aromatic heterocycles. The Morgan fingerprint density at radius 3 is 0.640 bits per heavy atom. The molecule has 138 valence electrons. The number of carboxylic acids is 4. The molecule has 25 heavy (non-hydrogen) atoms. The zero-order valence-electron chi connectivity index (χ0n) is 20.7. The predicted molar refractivity (Wildman–Crippen MR) is 85.7 cm³/mol. The van der Waals surface area contributed by atoms with E-state index in [0.717, 1.165) is 27.7 Å². The summed E-state index contributed by atoms with van der Waals surface area (Å²) in [6.45, 7) is 5.53. The molecule has 0 bridgehead atoms. The summed E-state index contributed by atoms with van der Waals surface area (Å²) in [7, 11) is 0. The van der Waals surface area contributed by atoms with Crippen LogP contribution in [0.3, 0.4) is 0 Å². The van der Waals surface area contributed by atoms with Crippen LogP contribution in [0.25, 0.3) is 0 Å². The Hall–Kier alpha value is 2.68. The number of carbonyl (C=O) groups is 4. The van der Waals surface area contributed by atoms with Gasteiger partial charge in [-0.05, 0) is 0 Å². The first kappa shape index (κ1) is 63.0. The van der Waals surface area contributed by atoms with Gasteiger partial charge in [0.05, 0.1) is 0 Å². The van der Waals surface area contributed by atoms with E-state index in [4.69, 9.17) is 51.1 Å². The van der Waals surface area contributed by atoms with Crippen LogP contribution >= 0.6 is 0 Å². The first-order valence-corrected chi connectivity index (χ1v) is 5.03. The van der Waals surface area contributed by atoms with E-state index in [0.29, 0.717) is 13.1 Å². The number of aliphatic carboxylic acids is 4. The van der Waals surface area contributed by atoms with Crippen LogP contribution in [0.4, 0.5) is 0 Å². The first-order valence-electron chi connectivity index (χ1n) is 5.03. The molecule has 0 rings (SSSR count). The summed E-state index contributed by atoms with van der Waals surface area (Å²) in [6, 6.07) is 0. The average molecular weight is 608 g/mol. The molecule has 0 radical (unpaired) electrons. The molecule has 0 saturated heterocycles. The molecule has 0 saturated carbocycles. The Bertz CT molecular complexity index is 228. The topological polar surface area (TPSA) is 201 Å². The van der Waals surface area contributed by atoms with Crippen molar-refractivity contribution in [3.63, 3.8) is 0 Å².